The Morgan fingerprint density at radius 1 is 0.829 bits per heavy atom. The Morgan fingerprint density at radius 2 is 1.61 bits per heavy atom. The number of amidine groups is 2. The van der Waals surface area contributed by atoms with Gasteiger partial charge >= 0.3 is 0 Å². The average Bonchev–Trinajstić information content (AvgIpc) is 3.36. The lowest BCUT2D eigenvalue weighted by molar-refractivity contribution is 0.795. The van der Waals surface area contributed by atoms with E-state index >= 15 is 0 Å². The molecule has 202 valence electrons. The van der Waals surface area contributed by atoms with Crippen LogP contribution in [0.25, 0.3) is 5.82 Å². The van der Waals surface area contributed by atoms with Crippen LogP contribution in [0.1, 0.15) is 48.2 Å². The standard InChI is InChI=1S/C34H31N7/c1-3-4-12-24-18-20-26(21-19-24)36-32-34-38-33-30(23(2)39-41(33)29-17-10-11-22-35-29)31(25-13-6-5-7-14-25)40(34)28-16-9-8-15-27(28)37-32/h5-11,13-22,31H,3-4,12H2,1-2H3,(H,36,37)/t31-/m0/s1. The number of nitrogens with one attached hydrogen (secondary N) is 1. The molecule has 0 saturated heterocycles. The number of pyridine rings is 1. The highest BCUT2D eigenvalue weighted by atomic mass is 15.4. The summed E-state index contributed by atoms with van der Waals surface area (Å²) >= 11 is 0. The largest absolute Gasteiger partial charge is 0.337 e. The molecular weight excluding hydrogens is 506 g/mol. The second-order valence-electron chi connectivity index (χ2n) is 10.4. The lowest BCUT2D eigenvalue weighted by atomic mass is 9.93. The topological polar surface area (TPSA) is 70.7 Å². The Labute approximate surface area is 239 Å². The number of rotatable bonds is 6. The van der Waals surface area contributed by atoms with Gasteiger partial charge in [0.25, 0.3) is 0 Å². The van der Waals surface area contributed by atoms with Crippen LogP contribution in [0.2, 0.25) is 0 Å². The zero-order valence-electron chi connectivity index (χ0n) is 23.2. The first-order valence-electron chi connectivity index (χ1n) is 14.2. The molecular formula is C34H31N7. The van der Waals surface area contributed by atoms with Crippen molar-refractivity contribution in [3.05, 3.63) is 126 Å². The molecule has 3 aromatic carbocycles. The lowest BCUT2D eigenvalue weighted by Gasteiger charge is -2.40. The summed E-state index contributed by atoms with van der Waals surface area (Å²) in [6.45, 7) is 4.28. The van der Waals surface area contributed by atoms with E-state index in [4.69, 9.17) is 15.1 Å². The van der Waals surface area contributed by atoms with Crippen molar-refractivity contribution in [3.63, 3.8) is 0 Å². The Balaban J connectivity index is 1.41. The average molecular weight is 538 g/mol. The van der Waals surface area contributed by atoms with Crippen LogP contribution >= 0.6 is 0 Å². The highest BCUT2D eigenvalue weighted by Crippen LogP contribution is 2.48. The van der Waals surface area contributed by atoms with E-state index < -0.39 is 0 Å². The molecule has 0 fully saturated rings. The number of benzene rings is 3. The minimum atomic E-state index is -0.152. The summed E-state index contributed by atoms with van der Waals surface area (Å²) in [7, 11) is 0. The molecule has 2 aromatic heterocycles. The van der Waals surface area contributed by atoms with E-state index in [1.54, 1.807) is 6.20 Å². The van der Waals surface area contributed by atoms with Gasteiger partial charge in [-0.3, -0.25) is 0 Å². The van der Waals surface area contributed by atoms with Gasteiger partial charge < -0.3 is 10.2 Å². The number of aryl methyl sites for hydroxylation is 2. The fraction of sp³-hybridized carbons (Fsp3) is 0.176. The zero-order chi connectivity index (χ0) is 27.8. The third-order valence-corrected chi connectivity index (χ3v) is 7.66. The Morgan fingerprint density at radius 3 is 2.39 bits per heavy atom. The fourth-order valence-corrected chi connectivity index (χ4v) is 5.66. The number of anilines is 2. The number of aromatic nitrogens is 3. The summed E-state index contributed by atoms with van der Waals surface area (Å²) in [4.78, 5) is 17.3. The fourth-order valence-electron chi connectivity index (χ4n) is 5.66. The number of para-hydroxylation sites is 2. The molecule has 0 amide bonds. The first-order chi connectivity index (χ1) is 20.2. The maximum atomic E-state index is 5.28. The molecule has 0 spiro atoms. The van der Waals surface area contributed by atoms with Crippen LogP contribution in [0.5, 0.6) is 0 Å². The van der Waals surface area contributed by atoms with Crippen LogP contribution in [0, 0.1) is 6.92 Å². The molecule has 7 heteroatoms. The van der Waals surface area contributed by atoms with Gasteiger partial charge in [0, 0.05) is 17.4 Å². The van der Waals surface area contributed by atoms with Crippen molar-refractivity contribution in [2.75, 3.05) is 10.2 Å². The summed E-state index contributed by atoms with van der Waals surface area (Å²) in [5.41, 5.74) is 7.35. The van der Waals surface area contributed by atoms with Crippen LogP contribution < -0.4 is 10.2 Å². The Hall–Kier alpha value is -5.04. The van der Waals surface area contributed by atoms with E-state index in [9.17, 15) is 0 Å². The van der Waals surface area contributed by atoms with Crippen LogP contribution in [-0.2, 0) is 6.42 Å². The molecule has 1 atom stereocenters. The van der Waals surface area contributed by atoms with Gasteiger partial charge in [-0.2, -0.15) is 9.78 Å². The van der Waals surface area contributed by atoms with E-state index in [-0.39, 0.29) is 6.04 Å². The van der Waals surface area contributed by atoms with Crippen molar-refractivity contribution in [1.82, 2.24) is 14.8 Å². The van der Waals surface area contributed by atoms with E-state index in [2.05, 4.69) is 102 Å². The van der Waals surface area contributed by atoms with Gasteiger partial charge in [-0.15, -0.1) is 0 Å². The number of fused-ring (bicyclic) bond motifs is 4. The van der Waals surface area contributed by atoms with Crippen LogP contribution in [0.3, 0.4) is 0 Å². The predicted octanol–water partition coefficient (Wildman–Crippen LogP) is 7.71. The zero-order valence-corrected chi connectivity index (χ0v) is 23.2. The van der Waals surface area contributed by atoms with Crippen molar-refractivity contribution in [1.29, 1.82) is 0 Å². The number of aliphatic imine (C=N–C) groups is 2. The second kappa shape index (κ2) is 10.5. The maximum Gasteiger partial charge on any atom is 0.179 e. The Kier molecular flexibility index (Phi) is 6.39. The third kappa shape index (κ3) is 4.49. The minimum Gasteiger partial charge on any atom is -0.337 e. The molecule has 0 unspecified atom stereocenters. The predicted molar refractivity (Wildman–Crippen MR) is 166 cm³/mol. The van der Waals surface area contributed by atoms with Gasteiger partial charge in [0.05, 0.1) is 23.1 Å². The van der Waals surface area contributed by atoms with Crippen molar-refractivity contribution >= 4 is 34.6 Å². The number of hydrogen-bond acceptors (Lipinski definition) is 6. The first kappa shape index (κ1) is 25.0. The van der Waals surface area contributed by atoms with Gasteiger partial charge in [-0.05, 0) is 67.3 Å². The van der Waals surface area contributed by atoms with Crippen molar-refractivity contribution in [2.45, 2.75) is 39.2 Å². The van der Waals surface area contributed by atoms with Gasteiger partial charge in [0.15, 0.2) is 23.3 Å². The van der Waals surface area contributed by atoms with Crippen LogP contribution in [0.15, 0.2) is 113 Å². The van der Waals surface area contributed by atoms with E-state index in [1.807, 2.05) is 28.9 Å². The van der Waals surface area contributed by atoms with Gasteiger partial charge in [-0.1, -0.05) is 74.0 Å². The van der Waals surface area contributed by atoms with Gasteiger partial charge in [0.1, 0.15) is 0 Å². The molecule has 0 bridgehead atoms. The minimum absolute atomic E-state index is 0.152. The third-order valence-electron chi connectivity index (χ3n) is 7.66. The van der Waals surface area contributed by atoms with Crippen LogP contribution in [-0.4, -0.2) is 26.4 Å². The number of unbranched alkanes of at least 4 members (excludes halogenated alkanes) is 1. The number of nitrogens with zero attached hydrogens (tertiary/aromatic N) is 6. The molecule has 2 aliphatic rings. The summed E-state index contributed by atoms with van der Waals surface area (Å²) < 4.78 is 1.85. The SMILES string of the molecule is CCCCc1ccc(NC2=Nc3ccccc3N3C2=Nc2c(c(C)nn2-c2ccccn2)[C@@H]3c2ccccc2)cc1. The Bertz CT molecular complexity index is 1750. The van der Waals surface area contributed by atoms with Crippen molar-refractivity contribution in [2.24, 2.45) is 9.98 Å². The van der Waals surface area contributed by atoms with Crippen LogP contribution in [0.4, 0.5) is 22.9 Å². The molecule has 0 aliphatic carbocycles. The lowest BCUT2D eigenvalue weighted by Crippen LogP contribution is -2.46. The van der Waals surface area contributed by atoms with Gasteiger partial charge in [-0.25, -0.2) is 15.0 Å². The molecule has 7 nitrogen and oxygen atoms in total. The normalized spacial score (nSPS) is 15.4. The van der Waals surface area contributed by atoms with E-state index in [1.165, 1.54) is 18.4 Å². The summed E-state index contributed by atoms with van der Waals surface area (Å²) in [5.74, 6) is 2.94. The maximum absolute atomic E-state index is 5.28. The van der Waals surface area contributed by atoms with Crippen molar-refractivity contribution < 1.29 is 0 Å². The molecule has 1 N–H and O–H groups in total. The number of hydrogen-bond donors (Lipinski definition) is 1. The highest BCUT2D eigenvalue weighted by molar-refractivity contribution is 6.51. The second-order valence-corrected chi connectivity index (χ2v) is 10.4. The highest BCUT2D eigenvalue weighted by Gasteiger charge is 2.41. The quantitative estimate of drug-likeness (QED) is 0.241. The van der Waals surface area contributed by atoms with E-state index in [0.717, 1.165) is 57.8 Å². The molecule has 4 heterocycles. The molecule has 0 saturated carbocycles. The van der Waals surface area contributed by atoms with Crippen molar-refractivity contribution in [3.8, 4) is 5.82 Å². The van der Waals surface area contributed by atoms with Gasteiger partial charge in [0.2, 0.25) is 0 Å². The molecule has 2 aliphatic heterocycles. The summed E-state index contributed by atoms with van der Waals surface area (Å²) in [6.07, 6.45) is 5.24. The monoisotopic (exact) mass is 537 g/mol. The molecule has 41 heavy (non-hydrogen) atoms. The smallest absolute Gasteiger partial charge is 0.179 e. The first-order valence-corrected chi connectivity index (χ1v) is 14.2. The summed E-state index contributed by atoms with van der Waals surface area (Å²) in [5, 5.41) is 8.56. The van der Waals surface area contributed by atoms with E-state index in [0.29, 0.717) is 5.84 Å². The summed E-state index contributed by atoms with van der Waals surface area (Å²) in [6, 6.07) is 33.2. The molecule has 0 radical (unpaired) electrons. The molecule has 7 rings (SSSR count). The molecule has 5 aromatic rings.